The maximum absolute atomic E-state index is 4.57. The Hall–Kier alpha value is -2.24. The van der Waals surface area contributed by atoms with Crippen molar-refractivity contribution in [2.75, 3.05) is 0 Å². The third-order valence-electron chi connectivity index (χ3n) is 3.48. The van der Waals surface area contributed by atoms with E-state index in [2.05, 4.69) is 50.1 Å². The molecule has 0 fully saturated rings. The number of hydrogen-bond donors (Lipinski definition) is 1. The van der Waals surface area contributed by atoms with E-state index in [4.69, 9.17) is 0 Å². The molecular formula is C16H14N4S. The minimum Gasteiger partial charge on any atom is -0.307 e. The van der Waals surface area contributed by atoms with Crippen LogP contribution in [-0.2, 0) is 13.1 Å². The van der Waals surface area contributed by atoms with Crippen LogP contribution in [0, 0.1) is 0 Å². The van der Waals surface area contributed by atoms with Crippen molar-refractivity contribution in [1.29, 1.82) is 0 Å². The molecular weight excluding hydrogens is 280 g/mol. The zero-order chi connectivity index (χ0) is 14.1. The van der Waals surface area contributed by atoms with Gasteiger partial charge in [-0.05, 0) is 11.6 Å². The van der Waals surface area contributed by atoms with Crippen molar-refractivity contribution in [3.05, 3.63) is 65.6 Å². The molecule has 0 saturated heterocycles. The molecule has 0 aliphatic carbocycles. The normalized spacial score (nSPS) is 11.4. The third-order valence-corrected chi connectivity index (χ3v) is 4.25. The van der Waals surface area contributed by atoms with E-state index in [1.54, 1.807) is 11.3 Å². The van der Waals surface area contributed by atoms with Gasteiger partial charge in [0.05, 0.1) is 11.2 Å². The van der Waals surface area contributed by atoms with E-state index in [1.807, 2.05) is 23.8 Å². The van der Waals surface area contributed by atoms with Gasteiger partial charge in [-0.2, -0.15) is 0 Å². The van der Waals surface area contributed by atoms with Crippen LogP contribution < -0.4 is 5.32 Å². The molecule has 5 heteroatoms. The minimum absolute atomic E-state index is 0.762. The molecule has 1 aromatic carbocycles. The van der Waals surface area contributed by atoms with Crippen LogP contribution in [0.1, 0.15) is 11.3 Å². The summed E-state index contributed by atoms with van der Waals surface area (Å²) in [7, 11) is 0. The number of rotatable bonds is 4. The third kappa shape index (κ3) is 2.41. The highest BCUT2D eigenvalue weighted by Gasteiger charge is 2.04. The van der Waals surface area contributed by atoms with Crippen molar-refractivity contribution in [3.63, 3.8) is 0 Å². The summed E-state index contributed by atoms with van der Waals surface area (Å²) >= 11 is 1.65. The summed E-state index contributed by atoms with van der Waals surface area (Å²) in [6.45, 7) is 1.55. The smallest absolute Gasteiger partial charge is 0.193 e. The molecule has 21 heavy (non-hydrogen) atoms. The van der Waals surface area contributed by atoms with Gasteiger partial charge in [-0.15, -0.1) is 11.3 Å². The number of nitrogens with one attached hydrogen (secondary N) is 1. The molecule has 0 amide bonds. The second-order valence-corrected chi connectivity index (χ2v) is 5.79. The Kier molecular flexibility index (Phi) is 3.14. The Morgan fingerprint density at radius 1 is 1.14 bits per heavy atom. The quantitative estimate of drug-likeness (QED) is 0.628. The summed E-state index contributed by atoms with van der Waals surface area (Å²) < 4.78 is 2.06. The van der Waals surface area contributed by atoms with Crippen molar-refractivity contribution >= 4 is 27.2 Å². The molecule has 3 aromatic heterocycles. The summed E-state index contributed by atoms with van der Waals surface area (Å²) in [5.74, 6) is 0. The second kappa shape index (κ2) is 5.27. The predicted molar refractivity (Wildman–Crippen MR) is 85.4 cm³/mol. The van der Waals surface area contributed by atoms with Gasteiger partial charge in [0.15, 0.2) is 4.96 Å². The number of imidazole rings is 1. The first-order valence-electron chi connectivity index (χ1n) is 6.84. The van der Waals surface area contributed by atoms with E-state index in [-0.39, 0.29) is 0 Å². The van der Waals surface area contributed by atoms with Crippen molar-refractivity contribution in [2.24, 2.45) is 0 Å². The molecule has 0 atom stereocenters. The van der Waals surface area contributed by atoms with E-state index in [0.717, 1.165) is 29.3 Å². The van der Waals surface area contributed by atoms with Crippen molar-refractivity contribution in [1.82, 2.24) is 19.7 Å². The fraction of sp³-hybridized carbons (Fsp3) is 0.125. The van der Waals surface area contributed by atoms with E-state index < -0.39 is 0 Å². The van der Waals surface area contributed by atoms with Crippen LogP contribution in [0.2, 0.25) is 0 Å². The highest BCUT2D eigenvalue weighted by Crippen LogP contribution is 2.16. The van der Waals surface area contributed by atoms with E-state index >= 15 is 0 Å². The number of aromatic nitrogens is 3. The molecule has 4 nitrogen and oxygen atoms in total. The number of thiazole rings is 1. The number of fused-ring (bicyclic) bond motifs is 2. The zero-order valence-electron chi connectivity index (χ0n) is 11.4. The van der Waals surface area contributed by atoms with Crippen LogP contribution in [0.5, 0.6) is 0 Å². The number of hydrogen-bond acceptors (Lipinski definition) is 4. The fourth-order valence-electron chi connectivity index (χ4n) is 2.50. The second-order valence-electron chi connectivity index (χ2n) is 4.92. The van der Waals surface area contributed by atoms with Gasteiger partial charge in [-0.1, -0.05) is 24.3 Å². The number of para-hydroxylation sites is 1. The summed E-state index contributed by atoms with van der Waals surface area (Å²) in [5.41, 5.74) is 3.35. The van der Waals surface area contributed by atoms with Gasteiger partial charge in [0.2, 0.25) is 0 Å². The van der Waals surface area contributed by atoms with Crippen molar-refractivity contribution in [3.8, 4) is 0 Å². The van der Waals surface area contributed by atoms with Crippen molar-refractivity contribution < 1.29 is 0 Å². The van der Waals surface area contributed by atoms with Gasteiger partial charge >= 0.3 is 0 Å². The molecule has 4 aromatic rings. The topological polar surface area (TPSA) is 42.2 Å². The number of nitrogens with zero attached hydrogens (tertiary/aromatic N) is 3. The highest BCUT2D eigenvalue weighted by molar-refractivity contribution is 7.15. The Morgan fingerprint density at radius 2 is 2.10 bits per heavy atom. The first kappa shape index (κ1) is 12.5. The van der Waals surface area contributed by atoms with Crippen LogP contribution >= 0.6 is 11.3 Å². The summed E-state index contributed by atoms with van der Waals surface area (Å²) in [4.78, 5) is 10.1. The Labute approximate surface area is 126 Å². The van der Waals surface area contributed by atoms with Crippen LogP contribution in [0.4, 0.5) is 0 Å². The predicted octanol–water partition coefficient (Wildman–Crippen LogP) is 3.23. The molecule has 3 heterocycles. The van der Waals surface area contributed by atoms with Gasteiger partial charge in [-0.25, -0.2) is 4.98 Å². The first-order valence-corrected chi connectivity index (χ1v) is 7.72. The van der Waals surface area contributed by atoms with Gasteiger partial charge in [0, 0.05) is 42.4 Å². The standard InChI is InChI=1S/C16H14N4S/c1-3-12-5-2-6-18-15(12)13(4-1)9-17-10-14-11-20-7-8-21-16(20)19-14/h1-8,11,17H,9-10H2. The number of pyridine rings is 1. The van der Waals surface area contributed by atoms with E-state index in [9.17, 15) is 0 Å². The van der Waals surface area contributed by atoms with Crippen LogP contribution in [0.3, 0.4) is 0 Å². The summed E-state index contributed by atoms with van der Waals surface area (Å²) in [6, 6.07) is 10.4. The summed E-state index contributed by atoms with van der Waals surface area (Å²) in [5, 5.41) is 6.67. The lowest BCUT2D eigenvalue weighted by atomic mass is 10.1. The summed E-state index contributed by atoms with van der Waals surface area (Å²) in [6.07, 6.45) is 5.95. The number of benzene rings is 1. The van der Waals surface area contributed by atoms with Gasteiger partial charge in [0.25, 0.3) is 0 Å². The molecule has 0 spiro atoms. The zero-order valence-corrected chi connectivity index (χ0v) is 12.2. The Balaban J connectivity index is 1.49. The van der Waals surface area contributed by atoms with Crippen LogP contribution in [0.25, 0.3) is 15.9 Å². The van der Waals surface area contributed by atoms with E-state index in [0.29, 0.717) is 0 Å². The molecule has 0 aliphatic heterocycles. The fourth-order valence-corrected chi connectivity index (χ4v) is 3.22. The Bertz CT molecular complexity index is 859. The monoisotopic (exact) mass is 294 g/mol. The molecule has 1 N–H and O–H groups in total. The van der Waals surface area contributed by atoms with Gasteiger partial charge in [-0.3, -0.25) is 9.38 Å². The maximum atomic E-state index is 4.57. The molecule has 104 valence electrons. The lowest BCUT2D eigenvalue weighted by Crippen LogP contribution is -2.13. The van der Waals surface area contributed by atoms with Gasteiger partial charge in [0.1, 0.15) is 0 Å². The molecule has 0 bridgehead atoms. The lowest BCUT2D eigenvalue weighted by molar-refractivity contribution is 0.685. The SMILES string of the molecule is c1cnc2c(CNCc3cn4ccsc4n3)cccc2c1. The molecule has 0 aliphatic rings. The van der Waals surface area contributed by atoms with Crippen molar-refractivity contribution in [2.45, 2.75) is 13.1 Å². The van der Waals surface area contributed by atoms with E-state index in [1.165, 1.54) is 10.9 Å². The average molecular weight is 294 g/mol. The molecule has 0 unspecified atom stereocenters. The maximum Gasteiger partial charge on any atom is 0.193 e. The van der Waals surface area contributed by atoms with Gasteiger partial charge < -0.3 is 5.32 Å². The minimum atomic E-state index is 0.762. The lowest BCUT2D eigenvalue weighted by Gasteiger charge is -2.06. The highest BCUT2D eigenvalue weighted by atomic mass is 32.1. The van der Waals surface area contributed by atoms with Crippen LogP contribution in [-0.4, -0.2) is 14.4 Å². The Morgan fingerprint density at radius 3 is 3.05 bits per heavy atom. The molecule has 4 rings (SSSR count). The average Bonchev–Trinajstić information content (AvgIpc) is 3.09. The largest absolute Gasteiger partial charge is 0.307 e. The van der Waals surface area contributed by atoms with Crippen LogP contribution in [0.15, 0.2) is 54.3 Å². The first-order chi connectivity index (χ1) is 10.4. The molecule has 0 radical (unpaired) electrons. The molecule has 0 saturated carbocycles.